The van der Waals surface area contributed by atoms with Gasteiger partial charge in [-0.15, -0.1) is 0 Å². The molecule has 1 amide bonds. The largest absolute Gasteiger partial charge is 0.497 e. The highest BCUT2D eigenvalue weighted by Gasteiger charge is 2.28. The average Bonchev–Trinajstić information content (AvgIpc) is 2.34. The summed E-state index contributed by atoms with van der Waals surface area (Å²) in [5.74, 6) is -0.192. The van der Waals surface area contributed by atoms with Crippen molar-refractivity contribution < 1.29 is 27.4 Å². The summed E-state index contributed by atoms with van der Waals surface area (Å²) in [5.41, 5.74) is 0.0375. The molecule has 0 aromatic heterocycles. The van der Waals surface area contributed by atoms with Gasteiger partial charge in [0.15, 0.2) is 0 Å². The summed E-state index contributed by atoms with van der Waals surface area (Å²) < 4.78 is 45.7. The lowest BCUT2D eigenvalue weighted by atomic mass is 10.2. The Labute approximate surface area is 102 Å². The maximum atomic E-state index is 12.0. The number of hydrogen-bond acceptors (Lipinski definition) is 3. The van der Waals surface area contributed by atoms with Crippen LogP contribution < -0.4 is 14.8 Å². The van der Waals surface area contributed by atoms with Crippen LogP contribution in [0.15, 0.2) is 18.2 Å². The standard InChI is InChI=1S/C11H12F3NO3/c1-17-8-3-7(4-9(5-8)18-2)10(16)15-6-11(12,13)14/h3-5H,6H2,1-2H3,(H,15,16). The second kappa shape index (κ2) is 5.61. The highest BCUT2D eigenvalue weighted by atomic mass is 19.4. The summed E-state index contributed by atoms with van der Waals surface area (Å²) in [6.07, 6.45) is -4.45. The number of methoxy groups -OCH3 is 2. The van der Waals surface area contributed by atoms with Crippen LogP contribution in [0.1, 0.15) is 10.4 Å². The predicted octanol–water partition coefficient (Wildman–Crippen LogP) is 2.00. The van der Waals surface area contributed by atoms with Crippen molar-refractivity contribution in [2.45, 2.75) is 6.18 Å². The number of carbonyl (C=O) groups is 1. The van der Waals surface area contributed by atoms with Gasteiger partial charge in [-0.2, -0.15) is 13.2 Å². The molecule has 0 radical (unpaired) electrons. The zero-order valence-electron chi connectivity index (χ0n) is 9.80. The molecule has 0 saturated carbocycles. The van der Waals surface area contributed by atoms with Gasteiger partial charge in [0.2, 0.25) is 0 Å². The molecule has 1 rings (SSSR count). The van der Waals surface area contributed by atoms with Gasteiger partial charge in [0, 0.05) is 11.6 Å². The summed E-state index contributed by atoms with van der Waals surface area (Å²) in [5, 5.41) is 1.77. The molecular weight excluding hydrogens is 251 g/mol. The minimum atomic E-state index is -4.45. The first-order chi connectivity index (χ1) is 8.35. The maximum absolute atomic E-state index is 12.0. The molecule has 0 saturated heterocycles. The predicted molar refractivity (Wildman–Crippen MR) is 57.9 cm³/mol. The lowest BCUT2D eigenvalue weighted by Gasteiger charge is -2.10. The second-order valence-corrected chi connectivity index (χ2v) is 3.40. The Morgan fingerprint density at radius 3 is 2.06 bits per heavy atom. The molecule has 18 heavy (non-hydrogen) atoms. The lowest BCUT2D eigenvalue weighted by Crippen LogP contribution is -2.33. The molecule has 1 aromatic carbocycles. The van der Waals surface area contributed by atoms with E-state index in [4.69, 9.17) is 9.47 Å². The van der Waals surface area contributed by atoms with Crippen LogP contribution in [0.3, 0.4) is 0 Å². The van der Waals surface area contributed by atoms with Crippen molar-refractivity contribution >= 4 is 5.91 Å². The number of nitrogens with one attached hydrogen (secondary N) is 1. The summed E-state index contributed by atoms with van der Waals surface area (Å²) in [6, 6.07) is 4.17. The molecule has 0 bridgehead atoms. The van der Waals surface area contributed by atoms with Crippen LogP contribution in [0.4, 0.5) is 13.2 Å². The molecule has 4 nitrogen and oxygen atoms in total. The summed E-state index contributed by atoms with van der Waals surface area (Å²) in [7, 11) is 2.76. The van der Waals surface area contributed by atoms with Crippen LogP contribution in [0, 0.1) is 0 Å². The molecule has 0 atom stereocenters. The van der Waals surface area contributed by atoms with Crippen molar-refractivity contribution in [2.75, 3.05) is 20.8 Å². The SMILES string of the molecule is COc1cc(OC)cc(C(=O)NCC(F)(F)F)c1. The molecular formula is C11H12F3NO3. The molecule has 0 heterocycles. The average molecular weight is 263 g/mol. The third-order valence-corrected chi connectivity index (χ3v) is 2.06. The van der Waals surface area contributed by atoms with E-state index in [-0.39, 0.29) is 5.56 Å². The number of benzene rings is 1. The molecule has 0 aliphatic carbocycles. The van der Waals surface area contributed by atoms with Gasteiger partial charge in [-0.3, -0.25) is 4.79 Å². The smallest absolute Gasteiger partial charge is 0.405 e. The van der Waals surface area contributed by atoms with Crippen molar-refractivity contribution in [1.82, 2.24) is 5.32 Å². The Morgan fingerprint density at radius 1 is 1.17 bits per heavy atom. The van der Waals surface area contributed by atoms with Crippen molar-refractivity contribution in [2.24, 2.45) is 0 Å². The van der Waals surface area contributed by atoms with Gasteiger partial charge in [0.1, 0.15) is 18.0 Å². The monoisotopic (exact) mass is 263 g/mol. The number of hydrogen-bond donors (Lipinski definition) is 1. The van der Waals surface area contributed by atoms with Gasteiger partial charge < -0.3 is 14.8 Å². The quantitative estimate of drug-likeness (QED) is 0.903. The Balaban J connectivity index is 2.84. The van der Waals surface area contributed by atoms with E-state index in [0.29, 0.717) is 11.5 Å². The third-order valence-electron chi connectivity index (χ3n) is 2.06. The van der Waals surface area contributed by atoms with Crippen LogP contribution in [0.2, 0.25) is 0 Å². The molecule has 0 aliphatic rings. The highest BCUT2D eigenvalue weighted by Crippen LogP contribution is 2.22. The molecule has 0 fully saturated rings. The molecule has 7 heteroatoms. The third kappa shape index (κ3) is 4.15. The first-order valence-electron chi connectivity index (χ1n) is 4.93. The normalized spacial score (nSPS) is 10.9. The molecule has 0 spiro atoms. The molecule has 1 N–H and O–H groups in total. The minimum absolute atomic E-state index is 0.0375. The van der Waals surface area contributed by atoms with Gasteiger partial charge in [0.25, 0.3) is 5.91 Å². The van der Waals surface area contributed by atoms with E-state index in [1.165, 1.54) is 32.4 Å². The van der Waals surface area contributed by atoms with Gasteiger partial charge >= 0.3 is 6.18 Å². The van der Waals surface area contributed by atoms with Crippen molar-refractivity contribution in [3.8, 4) is 11.5 Å². The van der Waals surface area contributed by atoms with Gasteiger partial charge in [-0.1, -0.05) is 0 Å². The number of halogens is 3. The molecule has 1 aromatic rings. The Bertz CT molecular complexity index is 410. The molecule has 100 valence electrons. The summed E-state index contributed by atoms with van der Waals surface area (Å²) in [6.45, 7) is -1.38. The van der Waals surface area contributed by atoms with E-state index in [9.17, 15) is 18.0 Å². The fraction of sp³-hybridized carbons (Fsp3) is 0.364. The zero-order valence-corrected chi connectivity index (χ0v) is 9.80. The number of ether oxygens (including phenoxy) is 2. The van der Waals surface area contributed by atoms with Crippen LogP contribution in [0.25, 0.3) is 0 Å². The first kappa shape index (κ1) is 14.1. The topological polar surface area (TPSA) is 47.6 Å². The van der Waals surface area contributed by atoms with Crippen molar-refractivity contribution in [3.05, 3.63) is 23.8 Å². The minimum Gasteiger partial charge on any atom is -0.497 e. The Kier molecular flexibility index (Phi) is 4.41. The van der Waals surface area contributed by atoms with Crippen LogP contribution in [-0.2, 0) is 0 Å². The van der Waals surface area contributed by atoms with Crippen molar-refractivity contribution in [3.63, 3.8) is 0 Å². The molecule has 0 unspecified atom stereocenters. The number of rotatable bonds is 4. The number of amides is 1. The highest BCUT2D eigenvalue weighted by molar-refractivity contribution is 5.95. The Hall–Kier alpha value is -1.92. The first-order valence-corrected chi connectivity index (χ1v) is 4.93. The van der Waals surface area contributed by atoms with Crippen LogP contribution in [-0.4, -0.2) is 32.8 Å². The maximum Gasteiger partial charge on any atom is 0.405 e. The molecule has 0 aliphatic heterocycles. The fourth-order valence-corrected chi connectivity index (χ4v) is 1.22. The van der Waals surface area contributed by atoms with Gasteiger partial charge in [-0.05, 0) is 12.1 Å². The number of carbonyl (C=O) groups excluding carboxylic acids is 1. The zero-order chi connectivity index (χ0) is 13.8. The van der Waals surface area contributed by atoms with Crippen LogP contribution in [0.5, 0.6) is 11.5 Å². The van der Waals surface area contributed by atoms with E-state index in [1.54, 1.807) is 5.32 Å². The fourth-order valence-electron chi connectivity index (χ4n) is 1.22. The van der Waals surface area contributed by atoms with E-state index in [2.05, 4.69) is 0 Å². The van der Waals surface area contributed by atoms with E-state index >= 15 is 0 Å². The van der Waals surface area contributed by atoms with E-state index < -0.39 is 18.6 Å². The van der Waals surface area contributed by atoms with E-state index in [1.807, 2.05) is 0 Å². The second-order valence-electron chi connectivity index (χ2n) is 3.40. The number of alkyl halides is 3. The van der Waals surface area contributed by atoms with Crippen molar-refractivity contribution in [1.29, 1.82) is 0 Å². The Morgan fingerprint density at radius 2 is 1.67 bits per heavy atom. The van der Waals surface area contributed by atoms with Gasteiger partial charge in [0.05, 0.1) is 14.2 Å². The van der Waals surface area contributed by atoms with Gasteiger partial charge in [-0.25, -0.2) is 0 Å². The summed E-state index contributed by atoms with van der Waals surface area (Å²) >= 11 is 0. The lowest BCUT2D eigenvalue weighted by molar-refractivity contribution is -0.123. The van der Waals surface area contributed by atoms with Crippen LogP contribution >= 0.6 is 0 Å². The van der Waals surface area contributed by atoms with E-state index in [0.717, 1.165) is 0 Å². The summed E-state index contributed by atoms with van der Waals surface area (Å²) in [4.78, 5) is 11.5.